The highest BCUT2D eigenvalue weighted by Crippen LogP contribution is 2.15. The molecule has 4 rings (SSSR count). The molecule has 7 nitrogen and oxygen atoms in total. The Morgan fingerprint density at radius 1 is 1.14 bits per heavy atom. The molecular weight excluding hydrogens is 422 g/mol. The first-order valence-corrected chi connectivity index (χ1v) is 9.40. The van der Waals surface area contributed by atoms with Crippen molar-refractivity contribution >= 4 is 32.7 Å². The fourth-order valence-corrected chi connectivity index (χ4v) is 3.30. The first kappa shape index (κ1) is 18.1. The minimum Gasteiger partial charge on any atom is -0.350 e. The van der Waals surface area contributed by atoms with Crippen LogP contribution in [0.5, 0.6) is 0 Å². The van der Waals surface area contributed by atoms with Crippen LogP contribution in [0.15, 0.2) is 76.5 Å². The van der Waals surface area contributed by atoms with Crippen LogP contribution in [0.3, 0.4) is 0 Å². The molecule has 0 bridgehead atoms. The van der Waals surface area contributed by atoms with Gasteiger partial charge in [-0.25, -0.2) is 9.67 Å². The van der Waals surface area contributed by atoms with E-state index in [1.807, 2.05) is 42.6 Å². The Morgan fingerprint density at radius 3 is 2.82 bits per heavy atom. The van der Waals surface area contributed by atoms with Gasteiger partial charge in [-0.2, -0.15) is 5.10 Å². The number of hydrogen-bond acceptors (Lipinski definition) is 4. The summed E-state index contributed by atoms with van der Waals surface area (Å²) in [6, 6.07) is 14.8. The van der Waals surface area contributed by atoms with Crippen molar-refractivity contribution in [1.82, 2.24) is 24.6 Å². The largest absolute Gasteiger partial charge is 0.350 e. The summed E-state index contributed by atoms with van der Waals surface area (Å²) in [5.41, 5.74) is 2.16. The first-order valence-electron chi connectivity index (χ1n) is 8.61. The number of carbonyl (C=O) groups excluding carboxylic acids is 1. The van der Waals surface area contributed by atoms with E-state index in [9.17, 15) is 9.59 Å². The Kier molecular flexibility index (Phi) is 5.03. The summed E-state index contributed by atoms with van der Waals surface area (Å²) in [5.74, 6) is -0.270. The highest BCUT2D eigenvalue weighted by Gasteiger charge is 2.10. The molecule has 0 aliphatic carbocycles. The molecule has 0 aliphatic rings. The third-order valence-electron chi connectivity index (χ3n) is 4.32. The summed E-state index contributed by atoms with van der Waals surface area (Å²) in [5, 5.41) is 7.56. The van der Waals surface area contributed by atoms with E-state index < -0.39 is 0 Å². The van der Waals surface area contributed by atoms with Gasteiger partial charge in [0.1, 0.15) is 6.54 Å². The van der Waals surface area contributed by atoms with Crippen LogP contribution >= 0.6 is 15.9 Å². The predicted octanol–water partition coefficient (Wildman–Crippen LogP) is 2.66. The number of fused-ring (bicyclic) bond motifs is 1. The number of para-hydroxylation sites is 1. The standard InChI is InChI=1S/C20H16BrN5O2/c21-15-6-7-17-16(10-15)20(28)25(13-23-17)12-19(27)22-11-14-4-1-2-5-18(14)26-9-3-8-24-26/h1-10,13H,11-12H2,(H,22,27). The summed E-state index contributed by atoms with van der Waals surface area (Å²) in [7, 11) is 0. The van der Waals surface area contributed by atoms with E-state index in [1.165, 1.54) is 10.9 Å². The number of halogens is 1. The molecular formula is C20H16BrN5O2. The molecule has 2 aromatic heterocycles. The summed E-state index contributed by atoms with van der Waals surface area (Å²) in [6.45, 7) is 0.231. The second-order valence-electron chi connectivity index (χ2n) is 6.20. The lowest BCUT2D eigenvalue weighted by atomic mass is 10.2. The van der Waals surface area contributed by atoms with Gasteiger partial charge in [0, 0.05) is 23.4 Å². The number of carbonyl (C=O) groups is 1. The molecule has 1 amide bonds. The molecule has 0 spiro atoms. The quantitative estimate of drug-likeness (QED) is 0.520. The maximum Gasteiger partial charge on any atom is 0.261 e. The van der Waals surface area contributed by atoms with E-state index in [-0.39, 0.29) is 18.0 Å². The van der Waals surface area contributed by atoms with Gasteiger partial charge in [-0.1, -0.05) is 34.1 Å². The normalized spacial score (nSPS) is 10.9. The van der Waals surface area contributed by atoms with Crippen LogP contribution < -0.4 is 10.9 Å². The lowest BCUT2D eigenvalue weighted by Gasteiger charge is -2.11. The Balaban J connectivity index is 1.50. The predicted molar refractivity (Wildman–Crippen MR) is 109 cm³/mol. The van der Waals surface area contributed by atoms with Crippen LogP contribution in [0, 0.1) is 0 Å². The molecule has 2 aromatic carbocycles. The van der Waals surface area contributed by atoms with Crippen LogP contribution in [-0.4, -0.2) is 25.2 Å². The van der Waals surface area contributed by atoms with Gasteiger partial charge in [-0.05, 0) is 35.9 Å². The third kappa shape index (κ3) is 3.72. The van der Waals surface area contributed by atoms with E-state index >= 15 is 0 Å². The second-order valence-corrected chi connectivity index (χ2v) is 7.11. The molecule has 2 heterocycles. The van der Waals surface area contributed by atoms with Gasteiger partial charge in [0.15, 0.2) is 0 Å². The SMILES string of the molecule is O=C(Cn1cnc2ccc(Br)cc2c1=O)NCc1ccccc1-n1cccn1. The fraction of sp³-hybridized carbons (Fsp3) is 0.100. The minimum atomic E-state index is -0.270. The maximum absolute atomic E-state index is 12.6. The van der Waals surface area contributed by atoms with Crippen molar-refractivity contribution in [3.8, 4) is 5.69 Å². The van der Waals surface area contributed by atoms with Gasteiger partial charge >= 0.3 is 0 Å². The highest BCUT2D eigenvalue weighted by atomic mass is 79.9. The molecule has 8 heteroatoms. The van der Waals surface area contributed by atoms with Gasteiger partial charge in [0.25, 0.3) is 5.56 Å². The average Bonchev–Trinajstić information content (AvgIpc) is 3.24. The van der Waals surface area contributed by atoms with Crippen LogP contribution in [0.25, 0.3) is 16.6 Å². The van der Waals surface area contributed by atoms with E-state index in [0.29, 0.717) is 17.4 Å². The summed E-state index contributed by atoms with van der Waals surface area (Å²) in [4.78, 5) is 29.3. The molecule has 0 fully saturated rings. The number of nitrogens with zero attached hydrogens (tertiary/aromatic N) is 4. The monoisotopic (exact) mass is 437 g/mol. The third-order valence-corrected chi connectivity index (χ3v) is 4.81. The molecule has 0 saturated carbocycles. The smallest absolute Gasteiger partial charge is 0.261 e. The lowest BCUT2D eigenvalue weighted by molar-refractivity contribution is -0.121. The van der Waals surface area contributed by atoms with E-state index in [0.717, 1.165) is 15.7 Å². The molecule has 28 heavy (non-hydrogen) atoms. The van der Waals surface area contributed by atoms with Crippen molar-refractivity contribution in [2.75, 3.05) is 0 Å². The maximum atomic E-state index is 12.6. The van der Waals surface area contributed by atoms with Gasteiger partial charge < -0.3 is 5.32 Å². The topological polar surface area (TPSA) is 81.8 Å². The van der Waals surface area contributed by atoms with Crippen molar-refractivity contribution in [3.63, 3.8) is 0 Å². The summed E-state index contributed by atoms with van der Waals surface area (Å²) < 4.78 is 3.84. The number of rotatable bonds is 5. The van der Waals surface area contributed by atoms with Crippen molar-refractivity contribution in [3.05, 3.63) is 87.6 Å². The minimum absolute atomic E-state index is 0.0990. The molecule has 140 valence electrons. The zero-order valence-corrected chi connectivity index (χ0v) is 16.3. The first-order chi connectivity index (χ1) is 13.6. The lowest BCUT2D eigenvalue weighted by Crippen LogP contribution is -2.32. The van der Waals surface area contributed by atoms with E-state index in [4.69, 9.17) is 0 Å². The molecule has 0 aliphatic heterocycles. The van der Waals surface area contributed by atoms with Crippen LogP contribution in [0.1, 0.15) is 5.56 Å². The fourth-order valence-electron chi connectivity index (χ4n) is 2.94. The van der Waals surface area contributed by atoms with Gasteiger partial charge in [-0.15, -0.1) is 0 Å². The van der Waals surface area contributed by atoms with Crippen molar-refractivity contribution in [2.24, 2.45) is 0 Å². The Labute approximate surface area is 168 Å². The second kappa shape index (κ2) is 7.77. The molecule has 1 N–H and O–H groups in total. The number of hydrogen-bond donors (Lipinski definition) is 1. The van der Waals surface area contributed by atoms with Gasteiger partial charge in [0.05, 0.1) is 22.9 Å². The number of nitrogens with one attached hydrogen (secondary N) is 1. The van der Waals surface area contributed by atoms with Gasteiger partial charge in [-0.3, -0.25) is 14.2 Å². The highest BCUT2D eigenvalue weighted by molar-refractivity contribution is 9.10. The average molecular weight is 438 g/mol. The van der Waals surface area contributed by atoms with Crippen molar-refractivity contribution in [1.29, 1.82) is 0 Å². The van der Waals surface area contributed by atoms with Crippen LogP contribution in [0.2, 0.25) is 0 Å². The number of benzene rings is 2. The zero-order valence-electron chi connectivity index (χ0n) is 14.7. The van der Waals surface area contributed by atoms with Crippen LogP contribution in [0.4, 0.5) is 0 Å². The molecule has 0 radical (unpaired) electrons. The van der Waals surface area contributed by atoms with Crippen molar-refractivity contribution < 1.29 is 4.79 Å². The van der Waals surface area contributed by atoms with Gasteiger partial charge in [0.2, 0.25) is 5.91 Å². The molecule has 4 aromatic rings. The Morgan fingerprint density at radius 2 is 2.00 bits per heavy atom. The number of amides is 1. The van der Waals surface area contributed by atoms with E-state index in [1.54, 1.807) is 23.0 Å². The summed E-state index contributed by atoms with van der Waals surface area (Å²) in [6.07, 6.45) is 4.95. The van der Waals surface area contributed by atoms with Crippen molar-refractivity contribution in [2.45, 2.75) is 13.1 Å². The molecule has 0 atom stereocenters. The van der Waals surface area contributed by atoms with Crippen LogP contribution in [-0.2, 0) is 17.9 Å². The zero-order chi connectivity index (χ0) is 19.5. The molecule has 0 saturated heterocycles. The Hall–Kier alpha value is -3.26. The molecule has 0 unspecified atom stereocenters. The Bertz CT molecular complexity index is 1200. The number of aromatic nitrogens is 4. The summed E-state index contributed by atoms with van der Waals surface area (Å²) >= 11 is 3.35. The van der Waals surface area contributed by atoms with E-state index in [2.05, 4.69) is 31.3 Å².